The second kappa shape index (κ2) is 7.91. The van der Waals surface area contributed by atoms with Gasteiger partial charge >= 0.3 is 5.63 Å². The van der Waals surface area contributed by atoms with E-state index in [0.717, 1.165) is 16.7 Å². The quantitative estimate of drug-likeness (QED) is 0.544. The Morgan fingerprint density at radius 1 is 1.07 bits per heavy atom. The molecule has 6 heteroatoms. The van der Waals surface area contributed by atoms with Crippen molar-refractivity contribution in [2.75, 3.05) is 0 Å². The highest BCUT2D eigenvalue weighted by atomic mass is 19.1. The van der Waals surface area contributed by atoms with Gasteiger partial charge < -0.3 is 9.73 Å². The molecular formula is C24H19FN2O3. The number of hydrogen-bond acceptors (Lipinski definition) is 4. The van der Waals surface area contributed by atoms with Crippen LogP contribution in [0.2, 0.25) is 0 Å². The smallest absolute Gasteiger partial charge is 0.363 e. The van der Waals surface area contributed by atoms with Crippen LogP contribution in [0.4, 0.5) is 4.39 Å². The SMILES string of the molecule is Cc1cc(C)cc(CNC(=O)c2oc(=O)c3ncccc3c2-c2ccc(F)cc2)c1. The Bertz CT molecular complexity index is 1290. The normalized spacial score (nSPS) is 10.9. The van der Waals surface area contributed by atoms with Gasteiger partial charge in [-0.2, -0.15) is 0 Å². The second-order valence-corrected chi connectivity index (χ2v) is 7.18. The van der Waals surface area contributed by atoms with Crippen molar-refractivity contribution in [1.29, 1.82) is 0 Å². The average Bonchev–Trinajstić information content (AvgIpc) is 2.72. The van der Waals surface area contributed by atoms with E-state index < -0.39 is 17.3 Å². The first-order valence-electron chi connectivity index (χ1n) is 9.45. The van der Waals surface area contributed by atoms with Crippen molar-refractivity contribution in [1.82, 2.24) is 10.3 Å². The second-order valence-electron chi connectivity index (χ2n) is 7.18. The van der Waals surface area contributed by atoms with E-state index in [1.54, 1.807) is 12.1 Å². The van der Waals surface area contributed by atoms with Gasteiger partial charge in [0.15, 0.2) is 5.52 Å². The fourth-order valence-electron chi connectivity index (χ4n) is 3.58. The van der Waals surface area contributed by atoms with Gasteiger partial charge in [-0.1, -0.05) is 47.5 Å². The fourth-order valence-corrected chi connectivity index (χ4v) is 3.58. The highest BCUT2D eigenvalue weighted by Crippen LogP contribution is 2.30. The van der Waals surface area contributed by atoms with Gasteiger partial charge in [0.25, 0.3) is 5.91 Å². The molecule has 150 valence electrons. The molecular weight excluding hydrogens is 383 g/mol. The van der Waals surface area contributed by atoms with E-state index in [9.17, 15) is 14.0 Å². The molecule has 0 aliphatic rings. The first-order valence-corrected chi connectivity index (χ1v) is 9.45. The van der Waals surface area contributed by atoms with Crippen LogP contribution < -0.4 is 10.9 Å². The van der Waals surface area contributed by atoms with E-state index in [-0.39, 0.29) is 17.8 Å². The zero-order valence-electron chi connectivity index (χ0n) is 16.5. The van der Waals surface area contributed by atoms with E-state index in [1.165, 1.54) is 30.5 Å². The van der Waals surface area contributed by atoms with Crippen molar-refractivity contribution >= 4 is 16.8 Å². The van der Waals surface area contributed by atoms with E-state index in [2.05, 4.69) is 10.3 Å². The van der Waals surface area contributed by atoms with Crippen LogP contribution in [0, 0.1) is 19.7 Å². The summed E-state index contributed by atoms with van der Waals surface area (Å²) < 4.78 is 18.8. The number of nitrogens with zero attached hydrogens (tertiary/aromatic N) is 1. The maximum absolute atomic E-state index is 13.4. The topological polar surface area (TPSA) is 72.2 Å². The first kappa shape index (κ1) is 19.5. The van der Waals surface area contributed by atoms with E-state index in [0.29, 0.717) is 16.5 Å². The summed E-state index contributed by atoms with van der Waals surface area (Å²) in [4.78, 5) is 29.5. The minimum Gasteiger partial charge on any atom is -0.415 e. The lowest BCUT2D eigenvalue weighted by molar-refractivity contribution is 0.0920. The Labute approximate surface area is 172 Å². The van der Waals surface area contributed by atoms with Crippen LogP contribution in [-0.4, -0.2) is 10.9 Å². The third-order valence-electron chi connectivity index (χ3n) is 4.77. The molecule has 0 saturated carbocycles. The number of fused-ring (bicyclic) bond motifs is 1. The van der Waals surface area contributed by atoms with Gasteiger partial charge in [-0.3, -0.25) is 4.79 Å². The molecule has 5 nitrogen and oxygen atoms in total. The molecule has 1 N–H and O–H groups in total. The monoisotopic (exact) mass is 402 g/mol. The standard InChI is InChI=1S/C24H19FN2O3/c1-14-10-15(2)12-16(11-14)13-27-23(28)22-20(17-5-7-18(25)8-6-17)19-4-3-9-26-21(19)24(29)30-22/h3-12H,13H2,1-2H3,(H,27,28). The number of aromatic nitrogens is 1. The maximum atomic E-state index is 13.4. The first-order chi connectivity index (χ1) is 14.4. The van der Waals surface area contributed by atoms with Crippen molar-refractivity contribution in [3.63, 3.8) is 0 Å². The highest BCUT2D eigenvalue weighted by molar-refractivity contribution is 6.06. The Kier molecular flexibility index (Phi) is 5.14. The Morgan fingerprint density at radius 3 is 2.47 bits per heavy atom. The molecule has 0 bridgehead atoms. The number of rotatable bonds is 4. The molecule has 2 aromatic carbocycles. The summed E-state index contributed by atoms with van der Waals surface area (Å²) in [6.45, 7) is 4.25. The number of amides is 1. The molecule has 30 heavy (non-hydrogen) atoms. The number of hydrogen-bond donors (Lipinski definition) is 1. The van der Waals surface area contributed by atoms with Crippen LogP contribution in [0.3, 0.4) is 0 Å². The van der Waals surface area contributed by atoms with E-state index >= 15 is 0 Å². The largest absolute Gasteiger partial charge is 0.415 e. The third kappa shape index (κ3) is 3.85. The Hall–Kier alpha value is -3.80. The predicted molar refractivity (Wildman–Crippen MR) is 113 cm³/mol. The molecule has 0 saturated heterocycles. The van der Waals surface area contributed by atoms with Crippen LogP contribution in [0.15, 0.2) is 70.0 Å². The summed E-state index contributed by atoms with van der Waals surface area (Å²) >= 11 is 0. The minimum absolute atomic E-state index is 0.114. The van der Waals surface area contributed by atoms with Crippen LogP contribution >= 0.6 is 0 Å². The predicted octanol–water partition coefficient (Wildman–Crippen LogP) is 4.54. The summed E-state index contributed by atoms with van der Waals surface area (Å²) in [6, 6.07) is 15.0. The van der Waals surface area contributed by atoms with E-state index in [1.807, 2.05) is 32.0 Å². The molecule has 2 aromatic heterocycles. The Balaban J connectivity index is 1.79. The van der Waals surface area contributed by atoms with Crippen molar-refractivity contribution in [2.45, 2.75) is 20.4 Å². The van der Waals surface area contributed by atoms with Crippen LogP contribution in [0.1, 0.15) is 27.2 Å². The van der Waals surface area contributed by atoms with E-state index in [4.69, 9.17) is 4.42 Å². The lowest BCUT2D eigenvalue weighted by atomic mass is 9.99. The molecule has 0 radical (unpaired) electrons. The maximum Gasteiger partial charge on any atom is 0.363 e. The summed E-state index contributed by atoms with van der Waals surface area (Å²) in [5.74, 6) is -1.06. The van der Waals surface area contributed by atoms with Gasteiger partial charge in [-0.25, -0.2) is 14.2 Å². The molecule has 4 rings (SSSR count). The molecule has 2 heterocycles. The number of carbonyl (C=O) groups excluding carboxylic acids is 1. The van der Waals surface area contributed by atoms with Crippen molar-refractivity contribution in [2.24, 2.45) is 0 Å². The molecule has 0 spiro atoms. The molecule has 4 aromatic rings. The lowest BCUT2D eigenvalue weighted by Gasteiger charge is -2.12. The summed E-state index contributed by atoms with van der Waals surface area (Å²) in [6.07, 6.45) is 1.48. The number of halogens is 1. The number of pyridine rings is 1. The number of carbonyl (C=O) groups is 1. The van der Waals surface area contributed by atoms with Crippen LogP contribution in [-0.2, 0) is 6.54 Å². The number of benzene rings is 2. The zero-order valence-corrected chi connectivity index (χ0v) is 16.5. The van der Waals surface area contributed by atoms with Gasteiger partial charge in [0, 0.05) is 23.7 Å². The molecule has 0 unspecified atom stereocenters. The summed E-state index contributed by atoms with van der Waals surface area (Å²) in [5.41, 5.74) is 3.49. The van der Waals surface area contributed by atoms with Gasteiger partial charge in [-0.15, -0.1) is 0 Å². The molecule has 0 aliphatic carbocycles. The molecule has 1 amide bonds. The van der Waals surface area contributed by atoms with Crippen molar-refractivity contribution in [3.8, 4) is 11.1 Å². The minimum atomic E-state index is -0.701. The zero-order chi connectivity index (χ0) is 21.3. The van der Waals surface area contributed by atoms with Gasteiger partial charge in [0.2, 0.25) is 5.76 Å². The third-order valence-corrected chi connectivity index (χ3v) is 4.77. The van der Waals surface area contributed by atoms with Gasteiger partial charge in [0.05, 0.1) is 0 Å². The Morgan fingerprint density at radius 2 is 1.77 bits per heavy atom. The average molecular weight is 402 g/mol. The van der Waals surface area contributed by atoms with Crippen molar-refractivity contribution < 1.29 is 13.6 Å². The number of nitrogens with one attached hydrogen (secondary N) is 1. The lowest BCUT2D eigenvalue weighted by Crippen LogP contribution is -2.25. The van der Waals surface area contributed by atoms with Crippen LogP contribution in [0.5, 0.6) is 0 Å². The van der Waals surface area contributed by atoms with Gasteiger partial charge in [-0.05, 0) is 43.2 Å². The molecule has 0 atom stereocenters. The van der Waals surface area contributed by atoms with Crippen molar-refractivity contribution in [3.05, 3.63) is 99.5 Å². The highest BCUT2D eigenvalue weighted by Gasteiger charge is 2.22. The number of aryl methyl sites for hydroxylation is 2. The summed E-state index contributed by atoms with van der Waals surface area (Å²) in [5, 5.41) is 3.29. The molecule has 0 fully saturated rings. The summed E-state index contributed by atoms with van der Waals surface area (Å²) in [7, 11) is 0. The fraction of sp³-hybridized carbons (Fsp3) is 0.125. The molecule has 0 aliphatic heterocycles. The van der Waals surface area contributed by atoms with Gasteiger partial charge in [0.1, 0.15) is 5.82 Å². The van der Waals surface area contributed by atoms with Crippen LogP contribution in [0.25, 0.3) is 22.0 Å².